The van der Waals surface area contributed by atoms with Crippen molar-refractivity contribution < 1.29 is 14.3 Å². The summed E-state index contributed by atoms with van der Waals surface area (Å²) in [6.45, 7) is 8.57. The van der Waals surface area contributed by atoms with Gasteiger partial charge in [0.25, 0.3) is 0 Å². The first kappa shape index (κ1) is 26.0. The van der Waals surface area contributed by atoms with Crippen molar-refractivity contribution in [2.75, 3.05) is 6.61 Å². The van der Waals surface area contributed by atoms with Crippen LogP contribution in [0.4, 0.5) is 0 Å². The van der Waals surface area contributed by atoms with E-state index in [0.717, 1.165) is 25.7 Å². The van der Waals surface area contributed by atoms with Gasteiger partial charge in [-0.25, -0.2) is 0 Å². The number of hydrogen-bond donors (Lipinski definition) is 0. The van der Waals surface area contributed by atoms with E-state index < -0.39 is 0 Å². The van der Waals surface area contributed by atoms with Crippen molar-refractivity contribution in [2.45, 2.75) is 129 Å². The zero-order chi connectivity index (χ0) is 20.0. The maximum atomic E-state index is 11.7. The third-order valence-corrected chi connectivity index (χ3v) is 5.10. The van der Waals surface area contributed by atoms with Gasteiger partial charge in [-0.1, -0.05) is 97.5 Å². The second-order valence-electron chi connectivity index (χ2n) is 7.72. The van der Waals surface area contributed by atoms with Crippen molar-refractivity contribution in [3.8, 4) is 0 Å². The molecule has 3 nitrogen and oxygen atoms in total. The third kappa shape index (κ3) is 19.6. The number of unbranched alkanes of at least 4 members (excludes halogenated alkanes) is 12. The molecule has 0 rings (SSSR count). The summed E-state index contributed by atoms with van der Waals surface area (Å²) in [5.41, 5.74) is 0. The average Bonchev–Trinajstić information content (AvgIpc) is 2.67. The van der Waals surface area contributed by atoms with E-state index in [1.807, 2.05) is 0 Å². The average molecular weight is 383 g/mol. The van der Waals surface area contributed by atoms with E-state index in [1.54, 1.807) is 0 Å². The summed E-state index contributed by atoms with van der Waals surface area (Å²) < 4.78 is 10.8. The van der Waals surface area contributed by atoms with Crippen LogP contribution in [0.3, 0.4) is 0 Å². The van der Waals surface area contributed by atoms with Gasteiger partial charge in [0.2, 0.25) is 0 Å². The Kier molecular flexibility index (Phi) is 20.5. The van der Waals surface area contributed by atoms with E-state index in [4.69, 9.17) is 9.47 Å². The highest BCUT2D eigenvalue weighted by Gasteiger charge is 2.12. The van der Waals surface area contributed by atoms with E-state index in [0.29, 0.717) is 13.0 Å². The van der Waals surface area contributed by atoms with Crippen LogP contribution < -0.4 is 0 Å². The van der Waals surface area contributed by atoms with Crippen LogP contribution in [0, 0.1) is 0 Å². The summed E-state index contributed by atoms with van der Waals surface area (Å²) in [7, 11) is 0. The fourth-order valence-electron chi connectivity index (χ4n) is 3.31. The van der Waals surface area contributed by atoms with Crippen LogP contribution in [0.25, 0.3) is 0 Å². The fourth-order valence-corrected chi connectivity index (χ4v) is 3.31. The maximum absolute atomic E-state index is 11.7. The Morgan fingerprint density at radius 1 is 0.778 bits per heavy atom. The van der Waals surface area contributed by atoms with Crippen LogP contribution in [0.2, 0.25) is 0 Å². The normalized spacial score (nSPS) is 11.9. The Bertz CT molecular complexity index is 328. The summed E-state index contributed by atoms with van der Waals surface area (Å²) in [5, 5.41) is 0. The molecule has 3 heteroatoms. The van der Waals surface area contributed by atoms with Crippen molar-refractivity contribution in [3.05, 3.63) is 12.8 Å². The van der Waals surface area contributed by atoms with Crippen LogP contribution in [-0.2, 0) is 14.3 Å². The molecule has 160 valence electrons. The van der Waals surface area contributed by atoms with Crippen LogP contribution >= 0.6 is 0 Å². The molecule has 0 aromatic carbocycles. The molecule has 0 spiro atoms. The SMILES string of the molecule is C=COC(CCCCCCCCCCCCCC)CCC(=O)OCCCC. The molecule has 0 fully saturated rings. The molecular weight excluding hydrogens is 336 g/mol. The highest BCUT2D eigenvalue weighted by atomic mass is 16.5. The van der Waals surface area contributed by atoms with Gasteiger partial charge in [-0.15, -0.1) is 0 Å². The second-order valence-corrected chi connectivity index (χ2v) is 7.72. The van der Waals surface area contributed by atoms with E-state index in [-0.39, 0.29) is 12.1 Å². The maximum Gasteiger partial charge on any atom is 0.305 e. The Hall–Kier alpha value is -0.990. The van der Waals surface area contributed by atoms with Crippen molar-refractivity contribution in [3.63, 3.8) is 0 Å². The minimum atomic E-state index is -0.101. The molecule has 0 aliphatic carbocycles. The molecule has 27 heavy (non-hydrogen) atoms. The van der Waals surface area contributed by atoms with E-state index in [1.165, 1.54) is 83.3 Å². The first-order valence-electron chi connectivity index (χ1n) is 11.7. The minimum Gasteiger partial charge on any atom is -0.499 e. The summed E-state index contributed by atoms with van der Waals surface area (Å²) in [5.74, 6) is -0.101. The van der Waals surface area contributed by atoms with Crippen molar-refractivity contribution >= 4 is 5.97 Å². The van der Waals surface area contributed by atoms with E-state index in [9.17, 15) is 4.79 Å². The van der Waals surface area contributed by atoms with Gasteiger partial charge < -0.3 is 9.47 Å². The predicted octanol–water partition coefficient (Wildman–Crippen LogP) is 7.73. The molecular formula is C24H46O3. The number of esters is 1. The monoisotopic (exact) mass is 382 g/mol. The molecule has 0 amide bonds. The van der Waals surface area contributed by atoms with Gasteiger partial charge >= 0.3 is 5.97 Å². The Labute approximate surface area is 169 Å². The molecule has 0 aliphatic rings. The standard InChI is InChI=1S/C24H46O3/c1-4-7-9-10-11-12-13-14-15-16-17-18-19-23(26-6-3)20-21-24(25)27-22-8-5-2/h6,23H,3-5,7-22H2,1-2H3. The van der Waals surface area contributed by atoms with Crippen LogP contribution in [0.15, 0.2) is 12.8 Å². The number of ether oxygens (including phenoxy) is 2. The number of carbonyl (C=O) groups is 1. The lowest BCUT2D eigenvalue weighted by Gasteiger charge is -2.16. The molecule has 0 aliphatic heterocycles. The quantitative estimate of drug-likeness (QED) is 0.116. The topological polar surface area (TPSA) is 35.5 Å². The minimum absolute atomic E-state index is 0.101. The molecule has 0 saturated carbocycles. The fraction of sp³-hybridized carbons (Fsp3) is 0.875. The Morgan fingerprint density at radius 3 is 1.81 bits per heavy atom. The summed E-state index contributed by atoms with van der Waals surface area (Å²) in [6.07, 6.45) is 22.1. The van der Waals surface area contributed by atoms with Gasteiger partial charge in [0.15, 0.2) is 0 Å². The van der Waals surface area contributed by atoms with Gasteiger partial charge in [-0.05, 0) is 25.7 Å². The van der Waals surface area contributed by atoms with Crippen LogP contribution in [-0.4, -0.2) is 18.7 Å². The predicted molar refractivity (Wildman–Crippen MR) is 116 cm³/mol. The molecule has 0 bridgehead atoms. The number of carbonyl (C=O) groups excluding carboxylic acids is 1. The molecule has 1 unspecified atom stereocenters. The highest BCUT2D eigenvalue weighted by Crippen LogP contribution is 2.16. The van der Waals surface area contributed by atoms with Gasteiger partial charge in [-0.2, -0.15) is 0 Å². The van der Waals surface area contributed by atoms with Gasteiger partial charge in [0.05, 0.1) is 19.0 Å². The molecule has 0 heterocycles. The largest absolute Gasteiger partial charge is 0.499 e. The number of rotatable bonds is 21. The van der Waals surface area contributed by atoms with Gasteiger partial charge in [0.1, 0.15) is 0 Å². The van der Waals surface area contributed by atoms with Crippen LogP contribution in [0.1, 0.15) is 123 Å². The van der Waals surface area contributed by atoms with Crippen molar-refractivity contribution in [2.24, 2.45) is 0 Å². The number of hydrogen-bond acceptors (Lipinski definition) is 3. The lowest BCUT2D eigenvalue weighted by molar-refractivity contribution is -0.144. The van der Waals surface area contributed by atoms with Crippen LogP contribution in [0.5, 0.6) is 0 Å². The zero-order valence-corrected chi connectivity index (χ0v) is 18.3. The molecule has 0 aromatic heterocycles. The van der Waals surface area contributed by atoms with Gasteiger partial charge in [-0.3, -0.25) is 4.79 Å². The molecule has 0 aromatic rings. The first-order chi connectivity index (χ1) is 13.2. The highest BCUT2D eigenvalue weighted by molar-refractivity contribution is 5.69. The smallest absolute Gasteiger partial charge is 0.305 e. The lowest BCUT2D eigenvalue weighted by Crippen LogP contribution is -2.14. The lowest BCUT2D eigenvalue weighted by atomic mass is 10.0. The summed E-state index contributed by atoms with van der Waals surface area (Å²) in [6, 6.07) is 0. The Morgan fingerprint density at radius 2 is 1.30 bits per heavy atom. The molecule has 0 N–H and O–H groups in total. The van der Waals surface area contributed by atoms with E-state index >= 15 is 0 Å². The van der Waals surface area contributed by atoms with E-state index in [2.05, 4.69) is 20.4 Å². The molecule has 0 saturated heterocycles. The Balaban J connectivity index is 3.53. The first-order valence-corrected chi connectivity index (χ1v) is 11.7. The third-order valence-electron chi connectivity index (χ3n) is 5.10. The van der Waals surface area contributed by atoms with Crippen molar-refractivity contribution in [1.29, 1.82) is 0 Å². The molecule has 0 radical (unpaired) electrons. The van der Waals surface area contributed by atoms with Crippen molar-refractivity contribution in [1.82, 2.24) is 0 Å². The summed E-state index contributed by atoms with van der Waals surface area (Å²) in [4.78, 5) is 11.7. The zero-order valence-electron chi connectivity index (χ0n) is 18.3. The van der Waals surface area contributed by atoms with Gasteiger partial charge in [0, 0.05) is 6.42 Å². The summed E-state index contributed by atoms with van der Waals surface area (Å²) >= 11 is 0. The molecule has 1 atom stereocenters. The second kappa shape index (κ2) is 21.3.